The Hall–Kier alpha value is -1.18. The van der Waals surface area contributed by atoms with Gasteiger partial charge in [-0.1, -0.05) is 31.9 Å². The number of rotatable bonds is 4. The lowest BCUT2D eigenvalue weighted by Gasteiger charge is -2.20. The van der Waals surface area contributed by atoms with E-state index >= 15 is 0 Å². The Bertz CT molecular complexity index is 364. The predicted octanol–water partition coefficient (Wildman–Crippen LogP) is 4.47. The summed E-state index contributed by atoms with van der Waals surface area (Å²) >= 11 is 0. The summed E-state index contributed by atoms with van der Waals surface area (Å²) in [5, 5.41) is 3.67. The van der Waals surface area contributed by atoms with Crippen LogP contribution in [-0.4, -0.2) is 12.6 Å². The molecule has 2 heteroatoms. The standard InChI is InChI=1S/C16H25NO/c1-3-18-16-10-5-4-9-15(16)17-14-8-6-7-13(2)11-12-14/h4-5,9-10,13-14,17H,3,6-8,11-12H2,1-2H3. The van der Waals surface area contributed by atoms with Crippen molar-refractivity contribution in [2.75, 3.05) is 11.9 Å². The SMILES string of the molecule is CCOc1ccccc1NC1CCCC(C)CC1. The lowest BCUT2D eigenvalue weighted by atomic mass is 10.0. The Morgan fingerprint density at radius 3 is 2.83 bits per heavy atom. The first kappa shape index (κ1) is 13.3. The van der Waals surface area contributed by atoms with Crippen molar-refractivity contribution in [2.45, 2.75) is 52.0 Å². The molecule has 2 atom stereocenters. The molecule has 0 heterocycles. The van der Waals surface area contributed by atoms with Crippen LogP contribution in [0.25, 0.3) is 0 Å². The molecule has 2 unspecified atom stereocenters. The van der Waals surface area contributed by atoms with Crippen LogP contribution in [-0.2, 0) is 0 Å². The minimum atomic E-state index is 0.608. The van der Waals surface area contributed by atoms with Gasteiger partial charge >= 0.3 is 0 Å². The van der Waals surface area contributed by atoms with Crippen LogP contribution < -0.4 is 10.1 Å². The topological polar surface area (TPSA) is 21.3 Å². The highest BCUT2D eigenvalue weighted by molar-refractivity contribution is 5.56. The van der Waals surface area contributed by atoms with E-state index in [2.05, 4.69) is 24.4 Å². The number of hydrogen-bond donors (Lipinski definition) is 1. The maximum atomic E-state index is 5.67. The van der Waals surface area contributed by atoms with Gasteiger partial charge in [0, 0.05) is 6.04 Å². The van der Waals surface area contributed by atoms with Gasteiger partial charge in [0.1, 0.15) is 5.75 Å². The molecular formula is C16H25NO. The zero-order chi connectivity index (χ0) is 12.8. The number of hydrogen-bond acceptors (Lipinski definition) is 2. The molecule has 2 rings (SSSR count). The fourth-order valence-corrected chi connectivity index (χ4v) is 2.72. The van der Waals surface area contributed by atoms with Gasteiger partial charge in [0.2, 0.25) is 0 Å². The molecule has 0 saturated heterocycles. The van der Waals surface area contributed by atoms with Crippen LogP contribution in [0.3, 0.4) is 0 Å². The molecule has 100 valence electrons. The van der Waals surface area contributed by atoms with Crippen LogP contribution >= 0.6 is 0 Å². The number of ether oxygens (including phenoxy) is 1. The molecule has 1 aliphatic rings. The van der Waals surface area contributed by atoms with Crippen molar-refractivity contribution in [1.82, 2.24) is 0 Å². The molecule has 0 amide bonds. The zero-order valence-corrected chi connectivity index (χ0v) is 11.6. The van der Waals surface area contributed by atoms with Crippen LogP contribution in [0.15, 0.2) is 24.3 Å². The third kappa shape index (κ3) is 3.66. The summed E-state index contributed by atoms with van der Waals surface area (Å²) in [5.74, 6) is 1.87. The highest BCUT2D eigenvalue weighted by atomic mass is 16.5. The second kappa shape index (κ2) is 6.67. The second-order valence-corrected chi connectivity index (χ2v) is 5.38. The molecule has 1 N–H and O–H groups in total. The second-order valence-electron chi connectivity index (χ2n) is 5.38. The van der Waals surface area contributed by atoms with Crippen molar-refractivity contribution in [3.05, 3.63) is 24.3 Å². The van der Waals surface area contributed by atoms with Gasteiger partial charge in [0.25, 0.3) is 0 Å². The molecule has 0 bridgehead atoms. The molecular weight excluding hydrogens is 222 g/mol. The highest BCUT2D eigenvalue weighted by Crippen LogP contribution is 2.29. The smallest absolute Gasteiger partial charge is 0.142 e. The number of para-hydroxylation sites is 2. The lowest BCUT2D eigenvalue weighted by molar-refractivity contribution is 0.341. The minimum absolute atomic E-state index is 0.608. The van der Waals surface area contributed by atoms with Gasteiger partial charge in [-0.15, -0.1) is 0 Å². The Morgan fingerprint density at radius 1 is 1.17 bits per heavy atom. The number of nitrogens with one attached hydrogen (secondary N) is 1. The van der Waals surface area contributed by atoms with Crippen LogP contribution in [0.4, 0.5) is 5.69 Å². The molecule has 18 heavy (non-hydrogen) atoms. The van der Waals surface area contributed by atoms with Crippen molar-refractivity contribution in [2.24, 2.45) is 5.92 Å². The maximum absolute atomic E-state index is 5.67. The van der Waals surface area contributed by atoms with E-state index in [0.717, 1.165) is 24.0 Å². The summed E-state index contributed by atoms with van der Waals surface area (Å²) in [5.41, 5.74) is 1.15. The first-order valence-corrected chi connectivity index (χ1v) is 7.28. The summed E-state index contributed by atoms with van der Waals surface area (Å²) in [6.45, 7) is 5.13. The Balaban J connectivity index is 1.99. The molecule has 1 aliphatic carbocycles. The molecule has 0 aromatic heterocycles. The largest absolute Gasteiger partial charge is 0.492 e. The van der Waals surface area contributed by atoms with E-state index < -0.39 is 0 Å². The normalized spacial score (nSPS) is 24.3. The van der Waals surface area contributed by atoms with Crippen molar-refractivity contribution in [3.8, 4) is 5.75 Å². The van der Waals surface area contributed by atoms with E-state index in [1.807, 2.05) is 19.1 Å². The average Bonchev–Trinajstić information content (AvgIpc) is 2.57. The monoisotopic (exact) mass is 247 g/mol. The first-order valence-electron chi connectivity index (χ1n) is 7.28. The van der Waals surface area contributed by atoms with E-state index in [-0.39, 0.29) is 0 Å². The maximum Gasteiger partial charge on any atom is 0.142 e. The van der Waals surface area contributed by atoms with Gasteiger partial charge < -0.3 is 10.1 Å². The van der Waals surface area contributed by atoms with Gasteiger partial charge in [0.15, 0.2) is 0 Å². The van der Waals surface area contributed by atoms with Gasteiger partial charge in [-0.2, -0.15) is 0 Å². The molecule has 0 radical (unpaired) electrons. The van der Waals surface area contributed by atoms with E-state index in [0.29, 0.717) is 6.04 Å². The molecule has 1 aromatic rings. The van der Waals surface area contributed by atoms with Crippen molar-refractivity contribution < 1.29 is 4.74 Å². The molecule has 1 aromatic carbocycles. The minimum Gasteiger partial charge on any atom is -0.492 e. The summed E-state index contributed by atoms with van der Waals surface area (Å²) in [6, 6.07) is 8.89. The molecule has 1 saturated carbocycles. The van der Waals surface area contributed by atoms with E-state index in [4.69, 9.17) is 4.74 Å². The fraction of sp³-hybridized carbons (Fsp3) is 0.625. The van der Waals surface area contributed by atoms with E-state index in [9.17, 15) is 0 Å². The summed E-state index contributed by atoms with van der Waals surface area (Å²) in [7, 11) is 0. The van der Waals surface area contributed by atoms with Gasteiger partial charge in [-0.3, -0.25) is 0 Å². The van der Waals surface area contributed by atoms with Gasteiger partial charge in [-0.05, 0) is 44.2 Å². The molecule has 2 nitrogen and oxygen atoms in total. The quantitative estimate of drug-likeness (QED) is 0.793. The average molecular weight is 247 g/mol. The van der Waals surface area contributed by atoms with Crippen molar-refractivity contribution in [1.29, 1.82) is 0 Å². The van der Waals surface area contributed by atoms with Gasteiger partial charge in [-0.25, -0.2) is 0 Å². The Morgan fingerprint density at radius 2 is 2.00 bits per heavy atom. The van der Waals surface area contributed by atoms with Crippen LogP contribution in [0, 0.1) is 5.92 Å². The van der Waals surface area contributed by atoms with Gasteiger partial charge in [0.05, 0.1) is 12.3 Å². The lowest BCUT2D eigenvalue weighted by Crippen LogP contribution is -2.19. The van der Waals surface area contributed by atoms with Crippen molar-refractivity contribution >= 4 is 5.69 Å². The first-order chi connectivity index (χ1) is 8.79. The number of benzene rings is 1. The van der Waals surface area contributed by atoms with E-state index in [1.54, 1.807) is 0 Å². The third-order valence-corrected chi connectivity index (χ3v) is 3.80. The van der Waals surface area contributed by atoms with Crippen LogP contribution in [0.1, 0.15) is 46.0 Å². The fourth-order valence-electron chi connectivity index (χ4n) is 2.72. The summed E-state index contributed by atoms with van der Waals surface area (Å²) in [4.78, 5) is 0. The third-order valence-electron chi connectivity index (χ3n) is 3.80. The summed E-state index contributed by atoms with van der Waals surface area (Å²) in [6.07, 6.45) is 6.63. The molecule has 0 aliphatic heterocycles. The summed E-state index contributed by atoms with van der Waals surface area (Å²) < 4.78 is 5.67. The Labute approximate surface area is 111 Å². The number of anilines is 1. The zero-order valence-electron chi connectivity index (χ0n) is 11.6. The van der Waals surface area contributed by atoms with E-state index in [1.165, 1.54) is 32.1 Å². The van der Waals surface area contributed by atoms with Crippen LogP contribution in [0.5, 0.6) is 5.75 Å². The van der Waals surface area contributed by atoms with Crippen LogP contribution in [0.2, 0.25) is 0 Å². The predicted molar refractivity (Wildman–Crippen MR) is 77.3 cm³/mol. The highest BCUT2D eigenvalue weighted by Gasteiger charge is 2.16. The molecule has 0 spiro atoms. The Kier molecular flexibility index (Phi) is 4.91. The molecule has 1 fully saturated rings. The van der Waals surface area contributed by atoms with Crippen molar-refractivity contribution in [3.63, 3.8) is 0 Å².